The van der Waals surface area contributed by atoms with Crippen molar-refractivity contribution >= 4 is 12.0 Å². The Morgan fingerprint density at radius 2 is 2.29 bits per heavy atom. The second-order valence-electron chi connectivity index (χ2n) is 3.58. The molecule has 0 aliphatic heterocycles. The van der Waals surface area contributed by atoms with E-state index >= 15 is 0 Å². The van der Waals surface area contributed by atoms with Gasteiger partial charge in [-0.15, -0.1) is 0 Å². The second-order valence-corrected chi connectivity index (χ2v) is 3.58. The van der Waals surface area contributed by atoms with E-state index in [1.54, 1.807) is 12.1 Å². The minimum Gasteiger partial charge on any atom is -0.478 e. The maximum Gasteiger partial charge on any atom is 0.328 e. The highest BCUT2D eigenvalue weighted by Crippen LogP contribution is 2.13. The molecule has 1 rings (SSSR count). The molecule has 4 heteroatoms. The van der Waals surface area contributed by atoms with E-state index < -0.39 is 5.97 Å². The van der Waals surface area contributed by atoms with Gasteiger partial charge in [0, 0.05) is 18.2 Å². The van der Waals surface area contributed by atoms with Gasteiger partial charge in [0.2, 0.25) is 0 Å². The van der Waals surface area contributed by atoms with Gasteiger partial charge in [0.15, 0.2) is 0 Å². The van der Waals surface area contributed by atoms with Crippen LogP contribution in [0.3, 0.4) is 0 Å². The molecule has 0 aliphatic rings. The SMILES string of the molecule is CCCOCc1ccc(/C=C/C(=O)O)cc1F. The lowest BCUT2D eigenvalue weighted by Crippen LogP contribution is -1.97. The van der Waals surface area contributed by atoms with Gasteiger partial charge in [0.25, 0.3) is 0 Å². The average molecular weight is 238 g/mol. The Morgan fingerprint density at radius 3 is 2.88 bits per heavy atom. The molecule has 0 radical (unpaired) electrons. The van der Waals surface area contributed by atoms with Gasteiger partial charge in [-0.3, -0.25) is 0 Å². The Kier molecular flexibility index (Phi) is 5.36. The van der Waals surface area contributed by atoms with Gasteiger partial charge in [-0.05, 0) is 24.1 Å². The zero-order valence-electron chi connectivity index (χ0n) is 9.65. The zero-order valence-corrected chi connectivity index (χ0v) is 9.65. The van der Waals surface area contributed by atoms with Crippen molar-refractivity contribution in [3.8, 4) is 0 Å². The van der Waals surface area contributed by atoms with E-state index in [0.29, 0.717) is 17.7 Å². The maximum absolute atomic E-state index is 13.5. The number of benzene rings is 1. The summed E-state index contributed by atoms with van der Waals surface area (Å²) in [5.74, 6) is -1.44. The van der Waals surface area contributed by atoms with Crippen molar-refractivity contribution in [2.75, 3.05) is 6.61 Å². The largest absolute Gasteiger partial charge is 0.478 e. The molecule has 0 spiro atoms. The van der Waals surface area contributed by atoms with Gasteiger partial charge < -0.3 is 9.84 Å². The summed E-state index contributed by atoms with van der Waals surface area (Å²) in [7, 11) is 0. The number of aliphatic carboxylic acids is 1. The lowest BCUT2D eigenvalue weighted by atomic mass is 10.1. The van der Waals surface area contributed by atoms with Crippen LogP contribution >= 0.6 is 0 Å². The van der Waals surface area contributed by atoms with Gasteiger partial charge in [0.05, 0.1) is 6.61 Å². The average Bonchev–Trinajstić information content (AvgIpc) is 2.29. The molecule has 0 aromatic heterocycles. The number of halogens is 1. The molecule has 0 aliphatic carbocycles. The van der Waals surface area contributed by atoms with Gasteiger partial charge in [-0.2, -0.15) is 0 Å². The molecule has 1 N–H and O–H groups in total. The number of ether oxygens (including phenoxy) is 1. The van der Waals surface area contributed by atoms with Crippen LogP contribution in [0.25, 0.3) is 6.08 Å². The summed E-state index contributed by atoms with van der Waals surface area (Å²) >= 11 is 0. The summed E-state index contributed by atoms with van der Waals surface area (Å²) in [6.07, 6.45) is 3.21. The van der Waals surface area contributed by atoms with Crippen molar-refractivity contribution in [3.63, 3.8) is 0 Å². The van der Waals surface area contributed by atoms with Crippen molar-refractivity contribution < 1.29 is 19.0 Å². The topological polar surface area (TPSA) is 46.5 Å². The van der Waals surface area contributed by atoms with Crippen LogP contribution in [0.15, 0.2) is 24.3 Å². The normalized spacial score (nSPS) is 10.9. The summed E-state index contributed by atoms with van der Waals surface area (Å²) < 4.78 is 18.8. The standard InChI is InChI=1S/C13H15FO3/c1-2-7-17-9-11-5-3-10(8-12(11)14)4-6-13(15)16/h3-6,8H,2,7,9H2,1H3,(H,15,16)/b6-4+. The highest BCUT2D eigenvalue weighted by atomic mass is 19.1. The predicted octanol–water partition coefficient (Wildman–Crippen LogP) is 2.85. The van der Waals surface area contributed by atoms with E-state index in [2.05, 4.69) is 0 Å². The Morgan fingerprint density at radius 1 is 1.53 bits per heavy atom. The van der Waals surface area contributed by atoms with Crippen molar-refractivity contribution in [3.05, 3.63) is 41.2 Å². The highest BCUT2D eigenvalue weighted by molar-refractivity contribution is 5.85. The van der Waals surface area contributed by atoms with Crippen LogP contribution in [0.2, 0.25) is 0 Å². The third-order valence-corrected chi connectivity index (χ3v) is 2.10. The van der Waals surface area contributed by atoms with E-state index in [1.165, 1.54) is 12.1 Å². The second kappa shape index (κ2) is 6.81. The summed E-state index contributed by atoms with van der Waals surface area (Å²) in [5.41, 5.74) is 0.995. The van der Waals surface area contributed by atoms with Crippen LogP contribution < -0.4 is 0 Å². The fraction of sp³-hybridized carbons (Fsp3) is 0.308. The minimum atomic E-state index is -1.05. The molecule has 0 amide bonds. The van der Waals surface area contributed by atoms with E-state index in [-0.39, 0.29) is 12.4 Å². The van der Waals surface area contributed by atoms with E-state index in [0.717, 1.165) is 12.5 Å². The van der Waals surface area contributed by atoms with Gasteiger partial charge >= 0.3 is 5.97 Å². The van der Waals surface area contributed by atoms with Crippen LogP contribution in [0.1, 0.15) is 24.5 Å². The van der Waals surface area contributed by atoms with Crippen molar-refractivity contribution in [2.24, 2.45) is 0 Å². The van der Waals surface area contributed by atoms with E-state index in [4.69, 9.17) is 9.84 Å². The highest BCUT2D eigenvalue weighted by Gasteiger charge is 2.02. The van der Waals surface area contributed by atoms with Crippen LogP contribution in [0.4, 0.5) is 4.39 Å². The predicted molar refractivity (Wildman–Crippen MR) is 63.0 cm³/mol. The molecule has 0 bridgehead atoms. The summed E-state index contributed by atoms with van der Waals surface area (Å²) in [5, 5.41) is 8.44. The molecule has 1 aromatic carbocycles. The third-order valence-electron chi connectivity index (χ3n) is 2.10. The van der Waals surface area contributed by atoms with E-state index in [9.17, 15) is 9.18 Å². The number of hydrogen-bond acceptors (Lipinski definition) is 2. The first-order chi connectivity index (χ1) is 8.13. The minimum absolute atomic E-state index is 0.239. The first kappa shape index (κ1) is 13.4. The van der Waals surface area contributed by atoms with E-state index in [1.807, 2.05) is 6.92 Å². The molecule has 0 fully saturated rings. The molecule has 0 saturated heterocycles. The number of carboxylic acids is 1. The van der Waals surface area contributed by atoms with Gasteiger partial charge in [-0.25, -0.2) is 9.18 Å². The molecule has 1 aromatic rings. The summed E-state index contributed by atoms with van der Waals surface area (Å²) in [6.45, 7) is 2.82. The van der Waals surface area contributed by atoms with Crippen LogP contribution in [-0.4, -0.2) is 17.7 Å². The number of rotatable bonds is 6. The van der Waals surface area contributed by atoms with Crippen LogP contribution in [0, 0.1) is 5.82 Å². The van der Waals surface area contributed by atoms with Crippen LogP contribution in [0.5, 0.6) is 0 Å². The fourth-order valence-electron chi connectivity index (χ4n) is 1.28. The van der Waals surface area contributed by atoms with Gasteiger partial charge in [0.1, 0.15) is 5.82 Å². The first-order valence-electron chi connectivity index (χ1n) is 5.40. The molecule has 3 nitrogen and oxygen atoms in total. The smallest absolute Gasteiger partial charge is 0.328 e. The number of carboxylic acid groups (broad SMARTS) is 1. The Labute approximate surface area is 99.5 Å². The molecular formula is C13H15FO3. The molecular weight excluding hydrogens is 223 g/mol. The van der Waals surface area contributed by atoms with Gasteiger partial charge in [-0.1, -0.05) is 19.1 Å². The zero-order chi connectivity index (χ0) is 12.7. The number of hydrogen-bond donors (Lipinski definition) is 1. The first-order valence-corrected chi connectivity index (χ1v) is 5.40. The Hall–Kier alpha value is -1.68. The Balaban J connectivity index is 2.69. The molecule has 0 heterocycles. The molecule has 17 heavy (non-hydrogen) atoms. The van der Waals surface area contributed by atoms with Crippen LogP contribution in [-0.2, 0) is 16.1 Å². The lowest BCUT2D eigenvalue weighted by Gasteiger charge is -2.05. The molecule has 0 saturated carbocycles. The quantitative estimate of drug-likeness (QED) is 0.612. The number of carbonyl (C=O) groups is 1. The molecule has 0 unspecified atom stereocenters. The van der Waals surface area contributed by atoms with Crippen molar-refractivity contribution in [1.82, 2.24) is 0 Å². The van der Waals surface area contributed by atoms with Crippen molar-refractivity contribution in [2.45, 2.75) is 20.0 Å². The fourth-order valence-corrected chi connectivity index (χ4v) is 1.28. The Bertz CT molecular complexity index is 413. The monoisotopic (exact) mass is 238 g/mol. The third kappa shape index (κ3) is 4.78. The molecule has 92 valence electrons. The summed E-state index contributed by atoms with van der Waals surface area (Å²) in [6, 6.07) is 4.56. The van der Waals surface area contributed by atoms with Crippen molar-refractivity contribution in [1.29, 1.82) is 0 Å². The molecule has 0 atom stereocenters. The summed E-state index contributed by atoms with van der Waals surface area (Å²) in [4.78, 5) is 10.3. The maximum atomic E-state index is 13.5. The lowest BCUT2D eigenvalue weighted by molar-refractivity contribution is -0.131.